The van der Waals surface area contributed by atoms with Gasteiger partial charge in [0.1, 0.15) is 11.8 Å². The molecule has 4 nitrogen and oxygen atoms in total. The first-order valence-electron chi connectivity index (χ1n) is 7.74. The molecular weight excluding hydrogens is 274 g/mol. The van der Waals surface area contributed by atoms with E-state index in [1.54, 1.807) is 6.26 Å². The summed E-state index contributed by atoms with van der Waals surface area (Å²) in [5.74, 6) is 0.976. The van der Waals surface area contributed by atoms with Crippen molar-refractivity contribution in [2.45, 2.75) is 25.8 Å². The fourth-order valence-corrected chi connectivity index (χ4v) is 2.71. The molecule has 0 radical (unpaired) electrons. The number of benzene rings is 1. The Morgan fingerprint density at radius 2 is 2.00 bits per heavy atom. The summed E-state index contributed by atoms with van der Waals surface area (Å²) in [6.45, 7) is 3.12. The Bertz CT molecular complexity index is 629. The molecule has 4 heteroatoms. The molecular formula is C18H23N3O. The van der Waals surface area contributed by atoms with Crippen molar-refractivity contribution in [2.24, 2.45) is 5.10 Å². The quantitative estimate of drug-likeness (QED) is 0.840. The van der Waals surface area contributed by atoms with Crippen molar-refractivity contribution in [3.8, 4) is 0 Å². The summed E-state index contributed by atoms with van der Waals surface area (Å²) in [7, 11) is 4.19. The Kier molecular flexibility index (Phi) is 4.29. The first-order chi connectivity index (χ1) is 10.6. The second kappa shape index (κ2) is 6.36. The molecule has 22 heavy (non-hydrogen) atoms. The molecule has 0 N–H and O–H groups in total. The summed E-state index contributed by atoms with van der Waals surface area (Å²) < 4.78 is 5.64. The van der Waals surface area contributed by atoms with Gasteiger partial charge in [-0.05, 0) is 45.3 Å². The molecule has 1 aliphatic rings. The van der Waals surface area contributed by atoms with E-state index in [-0.39, 0.29) is 6.04 Å². The third kappa shape index (κ3) is 3.22. The Morgan fingerprint density at radius 3 is 2.64 bits per heavy atom. The van der Waals surface area contributed by atoms with Crippen molar-refractivity contribution < 1.29 is 4.42 Å². The molecule has 116 valence electrons. The predicted octanol–water partition coefficient (Wildman–Crippen LogP) is 3.85. The van der Waals surface area contributed by atoms with Crippen LogP contribution in [0.5, 0.6) is 0 Å². The molecule has 1 aromatic heterocycles. The molecule has 1 aromatic carbocycles. The number of hydrogen-bond donors (Lipinski definition) is 0. The number of rotatable bonds is 5. The van der Waals surface area contributed by atoms with Gasteiger partial charge < -0.3 is 9.32 Å². The Balaban J connectivity index is 1.85. The zero-order valence-electron chi connectivity index (χ0n) is 13.5. The van der Waals surface area contributed by atoms with Crippen LogP contribution in [-0.4, -0.2) is 31.3 Å². The maximum Gasteiger partial charge on any atom is 0.128 e. The van der Waals surface area contributed by atoms with E-state index in [0.717, 1.165) is 30.8 Å². The van der Waals surface area contributed by atoms with Crippen LogP contribution in [0.4, 0.5) is 5.69 Å². The van der Waals surface area contributed by atoms with Gasteiger partial charge in [0.2, 0.25) is 0 Å². The average molecular weight is 297 g/mol. The highest BCUT2D eigenvalue weighted by molar-refractivity contribution is 5.89. The Labute approximate surface area is 132 Å². The Morgan fingerprint density at radius 1 is 1.23 bits per heavy atom. The van der Waals surface area contributed by atoms with Gasteiger partial charge in [-0.3, -0.25) is 5.01 Å². The minimum absolute atomic E-state index is 0.162. The lowest BCUT2D eigenvalue weighted by Crippen LogP contribution is -2.18. The highest BCUT2D eigenvalue weighted by Crippen LogP contribution is 2.36. The van der Waals surface area contributed by atoms with Gasteiger partial charge in [0.15, 0.2) is 0 Å². The van der Waals surface area contributed by atoms with Gasteiger partial charge in [-0.2, -0.15) is 5.10 Å². The smallest absolute Gasteiger partial charge is 0.128 e. The molecule has 2 aromatic rings. The number of hydrazone groups is 1. The Hall–Kier alpha value is -2.07. The summed E-state index contributed by atoms with van der Waals surface area (Å²) in [4.78, 5) is 2.19. The van der Waals surface area contributed by atoms with E-state index in [0.29, 0.717) is 0 Å². The standard InChI is InChI=1S/C18H23N3O/c1-14-6-8-16(9-7-14)21-17(18-5-4-12-22-18)13-15(19-21)10-11-20(2)3/h4-9,12,17H,10-11,13H2,1-3H3. The van der Waals surface area contributed by atoms with Crippen LogP contribution in [0.25, 0.3) is 0 Å². The zero-order valence-corrected chi connectivity index (χ0v) is 13.5. The molecule has 0 saturated heterocycles. The van der Waals surface area contributed by atoms with Crippen LogP contribution >= 0.6 is 0 Å². The van der Waals surface area contributed by atoms with Crippen LogP contribution in [0.15, 0.2) is 52.2 Å². The lowest BCUT2D eigenvalue weighted by molar-refractivity contribution is 0.420. The molecule has 1 aliphatic heterocycles. The first-order valence-corrected chi connectivity index (χ1v) is 7.74. The van der Waals surface area contributed by atoms with Gasteiger partial charge in [-0.15, -0.1) is 0 Å². The lowest BCUT2D eigenvalue weighted by Gasteiger charge is -2.22. The maximum atomic E-state index is 5.64. The molecule has 0 amide bonds. The van der Waals surface area contributed by atoms with Crippen LogP contribution in [0.2, 0.25) is 0 Å². The second-order valence-electron chi connectivity index (χ2n) is 6.13. The van der Waals surface area contributed by atoms with E-state index in [4.69, 9.17) is 9.52 Å². The largest absolute Gasteiger partial charge is 0.467 e. The molecule has 0 spiro atoms. The third-order valence-electron chi connectivity index (χ3n) is 3.99. The van der Waals surface area contributed by atoms with Crippen LogP contribution in [-0.2, 0) is 0 Å². The predicted molar refractivity (Wildman–Crippen MR) is 90.3 cm³/mol. The monoisotopic (exact) mass is 297 g/mol. The van der Waals surface area contributed by atoms with Crippen molar-refractivity contribution >= 4 is 11.4 Å². The fraction of sp³-hybridized carbons (Fsp3) is 0.389. The SMILES string of the molecule is Cc1ccc(N2N=C(CCN(C)C)CC2c2ccco2)cc1. The number of furan rings is 1. The molecule has 1 unspecified atom stereocenters. The van der Waals surface area contributed by atoms with E-state index < -0.39 is 0 Å². The van der Waals surface area contributed by atoms with Crippen molar-refractivity contribution in [1.82, 2.24) is 4.90 Å². The highest BCUT2D eigenvalue weighted by Gasteiger charge is 2.30. The maximum absolute atomic E-state index is 5.64. The molecule has 0 saturated carbocycles. The van der Waals surface area contributed by atoms with Crippen molar-refractivity contribution in [1.29, 1.82) is 0 Å². The van der Waals surface area contributed by atoms with Crippen LogP contribution in [0.3, 0.4) is 0 Å². The molecule has 3 rings (SSSR count). The van der Waals surface area contributed by atoms with Crippen molar-refractivity contribution in [2.75, 3.05) is 25.6 Å². The van der Waals surface area contributed by atoms with Crippen molar-refractivity contribution in [3.05, 3.63) is 54.0 Å². The summed E-state index contributed by atoms with van der Waals surface area (Å²) in [6, 6.07) is 12.7. The molecule has 1 atom stereocenters. The minimum atomic E-state index is 0.162. The van der Waals surface area contributed by atoms with Gasteiger partial charge in [0.25, 0.3) is 0 Å². The summed E-state index contributed by atoms with van der Waals surface area (Å²) in [5.41, 5.74) is 3.61. The van der Waals surface area contributed by atoms with Gasteiger partial charge in [-0.1, -0.05) is 17.7 Å². The number of aryl methyl sites for hydroxylation is 1. The van der Waals surface area contributed by atoms with E-state index in [9.17, 15) is 0 Å². The van der Waals surface area contributed by atoms with Crippen LogP contribution in [0.1, 0.15) is 30.2 Å². The van der Waals surface area contributed by atoms with Crippen molar-refractivity contribution in [3.63, 3.8) is 0 Å². The van der Waals surface area contributed by atoms with Gasteiger partial charge >= 0.3 is 0 Å². The minimum Gasteiger partial charge on any atom is -0.467 e. The third-order valence-corrected chi connectivity index (χ3v) is 3.99. The highest BCUT2D eigenvalue weighted by atomic mass is 16.3. The van der Waals surface area contributed by atoms with Crippen LogP contribution in [0, 0.1) is 6.92 Å². The second-order valence-corrected chi connectivity index (χ2v) is 6.13. The molecule has 0 fully saturated rings. The summed E-state index contributed by atoms with van der Waals surface area (Å²) in [5, 5.41) is 6.96. The van der Waals surface area contributed by atoms with E-state index >= 15 is 0 Å². The van der Waals surface area contributed by atoms with E-state index in [2.05, 4.69) is 55.2 Å². The average Bonchev–Trinajstić information content (AvgIpc) is 3.15. The van der Waals surface area contributed by atoms with Gasteiger partial charge in [0, 0.05) is 25.1 Å². The number of anilines is 1. The molecule has 2 heterocycles. The zero-order chi connectivity index (χ0) is 15.5. The number of hydrogen-bond acceptors (Lipinski definition) is 4. The molecule has 0 aliphatic carbocycles. The van der Waals surface area contributed by atoms with Gasteiger partial charge in [-0.25, -0.2) is 0 Å². The normalized spacial score (nSPS) is 18.1. The van der Waals surface area contributed by atoms with Crippen LogP contribution < -0.4 is 5.01 Å². The molecule has 0 bridgehead atoms. The number of nitrogens with zero attached hydrogens (tertiary/aromatic N) is 3. The van der Waals surface area contributed by atoms with Gasteiger partial charge in [0.05, 0.1) is 12.0 Å². The first kappa shape index (κ1) is 14.9. The van der Waals surface area contributed by atoms with E-state index in [1.165, 1.54) is 11.3 Å². The summed E-state index contributed by atoms with van der Waals surface area (Å²) in [6.07, 6.45) is 3.66. The van der Waals surface area contributed by atoms with E-state index in [1.807, 2.05) is 12.1 Å². The lowest BCUT2D eigenvalue weighted by atomic mass is 10.1. The fourth-order valence-electron chi connectivity index (χ4n) is 2.71. The summed E-state index contributed by atoms with van der Waals surface area (Å²) >= 11 is 0. The topological polar surface area (TPSA) is 32.0 Å².